The minimum absolute atomic E-state index is 0.0831. The molecule has 3 aromatic carbocycles. The smallest absolute Gasteiger partial charge is 0.298 e. The van der Waals surface area contributed by atoms with Crippen LogP contribution in [0.1, 0.15) is 5.56 Å². The summed E-state index contributed by atoms with van der Waals surface area (Å²) >= 11 is 1.21. The number of carbonyl (C=O) groups is 1. The van der Waals surface area contributed by atoms with E-state index in [9.17, 15) is 9.59 Å². The Bertz CT molecular complexity index is 1540. The third-order valence-corrected chi connectivity index (χ3v) is 6.29. The van der Waals surface area contributed by atoms with Crippen molar-refractivity contribution in [3.05, 3.63) is 94.8 Å². The molecule has 7 nitrogen and oxygen atoms in total. The summed E-state index contributed by atoms with van der Waals surface area (Å²) in [5.41, 5.74) is 2.62. The number of hydrogen-bond donors (Lipinski definition) is 1. The van der Waals surface area contributed by atoms with Crippen LogP contribution in [-0.4, -0.2) is 28.3 Å². The molecule has 170 valence electrons. The number of methoxy groups -OCH3 is 1. The van der Waals surface area contributed by atoms with E-state index < -0.39 is 0 Å². The normalized spacial score (nSPS) is 11.1. The molecular formula is C26H21N3O4S. The third kappa shape index (κ3) is 4.40. The summed E-state index contributed by atoms with van der Waals surface area (Å²) < 4.78 is 12.6. The van der Waals surface area contributed by atoms with Crippen LogP contribution in [0.4, 0.5) is 5.69 Å². The lowest BCUT2D eigenvalue weighted by atomic mass is 10.2. The molecule has 8 heteroatoms. The number of fused-ring (bicyclic) bond motifs is 3. The molecule has 34 heavy (non-hydrogen) atoms. The second-order valence-corrected chi connectivity index (χ2v) is 8.56. The maximum absolute atomic E-state index is 13.4. The molecule has 0 aliphatic carbocycles. The highest BCUT2D eigenvalue weighted by atomic mass is 32.2. The van der Waals surface area contributed by atoms with Gasteiger partial charge >= 0.3 is 0 Å². The van der Waals surface area contributed by atoms with Gasteiger partial charge in [-0.2, -0.15) is 0 Å². The first-order valence-corrected chi connectivity index (χ1v) is 11.6. The first kappa shape index (κ1) is 21.8. The molecule has 1 N–H and O–H groups in total. The van der Waals surface area contributed by atoms with E-state index in [1.807, 2.05) is 54.6 Å². The van der Waals surface area contributed by atoms with Gasteiger partial charge in [0, 0.05) is 17.1 Å². The van der Waals surface area contributed by atoms with Gasteiger partial charge < -0.3 is 14.5 Å². The van der Waals surface area contributed by atoms with Gasteiger partial charge in [0.1, 0.15) is 16.8 Å². The molecular weight excluding hydrogens is 450 g/mol. The molecule has 0 unspecified atom stereocenters. The highest BCUT2D eigenvalue weighted by Gasteiger charge is 2.19. The molecule has 5 aromatic rings. The fraction of sp³-hybridized carbons (Fsp3) is 0.115. The van der Waals surface area contributed by atoms with Crippen LogP contribution in [0, 0.1) is 0 Å². The largest absolute Gasteiger partial charge is 0.497 e. The summed E-state index contributed by atoms with van der Waals surface area (Å²) in [6.07, 6.45) is 0. The lowest BCUT2D eigenvalue weighted by molar-refractivity contribution is -0.113. The lowest BCUT2D eigenvalue weighted by Gasteiger charge is -2.12. The Morgan fingerprint density at radius 2 is 1.85 bits per heavy atom. The minimum atomic E-state index is -0.277. The van der Waals surface area contributed by atoms with Crippen LogP contribution in [0.3, 0.4) is 0 Å². The van der Waals surface area contributed by atoms with Crippen LogP contribution < -0.4 is 15.6 Å². The van der Waals surface area contributed by atoms with Crippen molar-refractivity contribution in [3.63, 3.8) is 0 Å². The molecule has 0 aliphatic heterocycles. The number of nitrogens with one attached hydrogen (secondary N) is 1. The van der Waals surface area contributed by atoms with Gasteiger partial charge in [0.25, 0.3) is 5.56 Å². The van der Waals surface area contributed by atoms with E-state index in [-0.39, 0.29) is 22.8 Å². The Hall–Kier alpha value is -4.04. The van der Waals surface area contributed by atoms with Crippen LogP contribution in [0.15, 0.2) is 93.2 Å². The Balaban J connectivity index is 1.48. The van der Waals surface area contributed by atoms with Crippen molar-refractivity contribution in [2.24, 2.45) is 0 Å². The zero-order chi connectivity index (χ0) is 23.5. The predicted octanol–water partition coefficient (Wildman–Crippen LogP) is 4.93. The SMILES string of the molecule is COc1cccc(NC(=O)CSc2nc3c(oc4ccccc43)c(=O)n2Cc2ccccc2)c1. The van der Waals surface area contributed by atoms with E-state index in [0.29, 0.717) is 34.2 Å². The minimum Gasteiger partial charge on any atom is -0.497 e. The number of aromatic nitrogens is 2. The van der Waals surface area contributed by atoms with Crippen molar-refractivity contribution in [1.82, 2.24) is 9.55 Å². The van der Waals surface area contributed by atoms with E-state index in [1.54, 1.807) is 35.9 Å². The first-order chi connectivity index (χ1) is 16.6. The monoisotopic (exact) mass is 471 g/mol. The molecule has 1 amide bonds. The molecule has 0 atom stereocenters. The Labute approximate surface area is 199 Å². The Morgan fingerprint density at radius 1 is 1.06 bits per heavy atom. The van der Waals surface area contributed by atoms with Crippen LogP contribution in [0.2, 0.25) is 0 Å². The fourth-order valence-electron chi connectivity index (χ4n) is 3.70. The van der Waals surface area contributed by atoms with Crippen LogP contribution >= 0.6 is 11.8 Å². The molecule has 2 heterocycles. The maximum atomic E-state index is 13.4. The molecule has 0 saturated carbocycles. The number of furan rings is 1. The second kappa shape index (κ2) is 9.44. The van der Waals surface area contributed by atoms with Crippen LogP contribution in [0.25, 0.3) is 22.1 Å². The second-order valence-electron chi connectivity index (χ2n) is 7.62. The van der Waals surface area contributed by atoms with Crippen molar-refractivity contribution < 1.29 is 13.9 Å². The van der Waals surface area contributed by atoms with Crippen LogP contribution in [0.5, 0.6) is 5.75 Å². The first-order valence-electron chi connectivity index (χ1n) is 10.6. The summed E-state index contributed by atoms with van der Waals surface area (Å²) in [5.74, 6) is 0.525. The maximum Gasteiger partial charge on any atom is 0.298 e. The number of rotatable bonds is 7. The van der Waals surface area contributed by atoms with Crippen LogP contribution in [-0.2, 0) is 11.3 Å². The van der Waals surface area contributed by atoms with Gasteiger partial charge in [-0.3, -0.25) is 14.2 Å². The number of thioether (sulfide) groups is 1. The summed E-state index contributed by atoms with van der Waals surface area (Å²) in [7, 11) is 1.57. The van der Waals surface area contributed by atoms with E-state index >= 15 is 0 Å². The third-order valence-electron chi connectivity index (χ3n) is 5.32. The average Bonchev–Trinajstić information content (AvgIpc) is 3.24. The summed E-state index contributed by atoms with van der Waals surface area (Å²) in [6.45, 7) is 0.319. The summed E-state index contributed by atoms with van der Waals surface area (Å²) in [5, 5.41) is 4.08. The number of benzene rings is 3. The zero-order valence-electron chi connectivity index (χ0n) is 18.4. The number of ether oxygens (including phenoxy) is 1. The lowest BCUT2D eigenvalue weighted by Crippen LogP contribution is -2.24. The average molecular weight is 472 g/mol. The number of anilines is 1. The summed E-state index contributed by atoms with van der Waals surface area (Å²) in [6, 6.07) is 24.2. The highest BCUT2D eigenvalue weighted by molar-refractivity contribution is 7.99. The van der Waals surface area contributed by atoms with E-state index in [0.717, 1.165) is 10.9 Å². The predicted molar refractivity (Wildman–Crippen MR) is 134 cm³/mol. The molecule has 5 rings (SSSR count). The van der Waals surface area contributed by atoms with Gasteiger partial charge in [-0.25, -0.2) is 4.98 Å². The standard InChI is InChI=1S/C26H21N3O4S/c1-32-19-11-7-10-18(14-19)27-22(30)16-34-26-28-23-20-12-5-6-13-21(20)33-24(23)25(31)29(26)15-17-8-3-2-4-9-17/h2-14H,15-16H2,1H3,(H,27,30). The van der Waals surface area contributed by atoms with Gasteiger partial charge in [-0.1, -0.05) is 60.3 Å². The van der Waals surface area contributed by atoms with Gasteiger partial charge in [-0.15, -0.1) is 0 Å². The number of carbonyl (C=O) groups excluding carboxylic acids is 1. The zero-order valence-corrected chi connectivity index (χ0v) is 19.2. The van der Waals surface area contributed by atoms with Gasteiger partial charge in [0.05, 0.1) is 19.4 Å². The van der Waals surface area contributed by atoms with Crippen molar-refractivity contribution in [3.8, 4) is 5.75 Å². The molecule has 0 saturated heterocycles. The highest BCUT2D eigenvalue weighted by Crippen LogP contribution is 2.27. The van der Waals surface area contributed by atoms with Crippen molar-refractivity contribution >= 4 is 45.4 Å². The van der Waals surface area contributed by atoms with E-state index in [1.165, 1.54) is 11.8 Å². The van der Waals surface area contributed by atoms with Crippen molar-refractivity contribution in [2.75, 3.05) is 18.2 Å². The summed E-state index contributed by atoms with van der Waals surface area (Å²) in [4.78, 5) is 30.8. The molecule has 0 aliphatic rings. The molecule has 2 aromatic heterocycles. The van der Waals surface area contributed by atoms with Gasteiger partial charge in [0.15, 0.2) is 5.16 Å². The molecule has 0 spiro atoms. The number of para-hydroxylation sites is 1. The molecule has 0 bridgehead atoms. The number of amides is 1. The quantitative estimate of drug-likeness (QED) is 0.268. The fourth-order valence-corrected chi connectivity index (χ4v) is 4.49. The molecule has 0 radical (unpaired) electrons. The molecule has 0 fully saturated rings. The topological polar surface area (TPSA) is 86.4 Å². The number of hydrogen-bond acceptors (Lipinski definition) is 6. The number of nitrogens with zero attached hydrogens (tertiary/aromatic N) is 2. The van der Waals surface area contributed by atoms with E-state index in [2.05, 4.69) is 5.32 Å². The van der Waals surface area contributed by atoms with Crippen molar-refractivity contribution in [1.29, 1.82) is 0 Å². The van der Waals surface area contributed by atoms with Gasteiger partial charge in [-0.05, 0) is 29.8 Å². The Morgan fingerprint density at radius 3 is 2.68 bits per heavy atom. The van der Waals surface area contributed by atoms with E-state index in [4.69, 9.17) is 14.1 Å². The van der Waals surface area contributed by atoms with Gasteiger partial charge in [0.2, 0.25) is 11.5 Å². The van der Waals surface area contributed by atoms with Crippen molar-refractivity contribution in [2.45, 2.75) is 11.7 Å². The Kier molecular flexibility index (Phi) is 6.05.